The van der Waals surface area contributed by atoms with Gasteiger partial charge in [0.2, 0.25) is 5.91 Å². The average molecular weight is 509 g/mol. The molecule has 9 nitrogen and oxygen atoms in total. The molecule has 0 aliphatic heterocycles. The van der Waals surface area contributed by atoms with Crippen LogP contribution in [-0.4, -0.2) is 34.6 Å². The van der Waals surface area contributed by atoms with Crippen molar-refractivity contribution in [3.63, 3.8) is 0 Å². The number of nitro benzene ring substituents is 1. The lowest BCUT2D eigenvalue weighted by Gasteiger charge is -2.07. The summed E-state index contributed by atoms with van der Waals surface area (Å²) in [6.07, 6.45) is 0. The van der Waals surface area contributed by atoms with Crippen molar-refractivity contribution < 1.29 is 19.2 Å². The zero-order valence-electron chi connectivity index (χ0n) is 18.7. The Bertz CT molecular complexity index is 1420. The summed E-state index contributed by atoms with van der Waals surface area (Å²) in [5, 5.41) is 16.8. The minimum Gasteiger partial charge on any atom is -0.496 e. The molecule has 4 aromatic rings. The van der Waals surface area contributed by atoms with Crippen LogP contribution in [0.15, 0.2) is 65.0 Å². The Morgan fingerprint density at radius 3 is 2.57 bits per heavy atom. The Labute approximate surface area is 208 Å². The number of methoxy groups -OCH3 is 1. The smallest absolute Gasteiger partial charge is 0.296 e. The lowest BCUT2D eigenvalue weighted by Crippen LogP contribution is -2.15. The Kier molecular flexibility index (Phi) is 7.28. The standard InChI is InChI=1S/C24H20N4O5S2/c1-14-3-5-15(6-4-14)23(30)25-16-7-9-19-21(11-16)35-24(27-19)34-13-22(29)26-18-10-8-17(33-2)12-20(18)28(31)32/h3-12H,13H2,1-2H3,(H,25,30)(H,26,29). The first-order valence-electron chi connectivity index (χ1n) is 10.4. The maximum atomic E-state index is 12.5. The van der Waals surface area contributed by atoms with Gasteiger partial charge < -0.3 is 15.4 Å². The lowest BCUT2D eigenvalue weighted by molar-refractivity contribution is -0.384. The van der Waals surface area contributed by atoms with Crippen LogP contribution >= 0.6 is 23.1 Å². The molecular weight excluding hydrogens is 488 g/mol. The number of fused-ring (bicyclic) bond motifs is 1. The van der Waals surface area contributed by atoms with E-state index >= 15 is 0 Å². The molecular formula is C24H20N4O5S2. The molecule has 0 fully saturated rings. The van der Waals surface area contributed by atoms with Gasteiger partial charge >= 0.3 is 0 Å². The van der Waals surface area contributed by atoms with E-state index in [1.165, 1.54) is 42.3 Å². The number of aryl methyl sites for hydroxylation is 1. The molecule has 0 spiro atoms. The minimum atomic E-state index is -0.575. The Hall–Kier alpha value is -3.96. The van der Waals surface area contributed by atoms with Crippen molar-refractivity contribution in [3.8, 4) is 5.75 Å². The average Bonchev–Trinajstić information content (AvgIpc) is 3.25. The summed E-state index contributed by atoms with van der Waals surface area (Å²) >= 11 is 2.62. The summed E-state index contributed by atoms with van der Waals surface area (Å²) in [6, 6.07) is 17.0. The summed E-state index contributed by atoms with van der Waals surface area (Å²) in [7, 11) is 1.41. The van der Waals surface area contributed by atoms with Gasteiger partial charge in [-0.15, -0.1) is 11.3 Å². The number of nitrogens with zero attached hydrogens (tertiary/aromatic N) is 2. The van der Waals surface area contributed by atoms with Crippen molar-refractivity contribution in [1.29, 1.82) is 0 Å². The quantitative estimate of drug-likeness (QED) is 0.183. The van der Waals surface area contributed by atoms with E-state index < -0.39 is 10.8 Å². The highest BCUT2D eigenvalue weighted by Gasteiger charge is 2.18. The van der Waals surface area contributed by atoms with Crippen LogP contribution in [-0.2, 0) is 4.79 Å². The van der Waals surface area contributed by atoms with E-state index in [2.05, 4.69) is 15.6 Å². The largest absolute Gasteiger partial charge is 0.496 e. The molecule has 0 atom stereocenters. The molecule has 11 heteroatoms. The van der Waals surface area contributed by atoms with Crippen molar-refractivity contribution in [2.75, 3.05) is 23.5 Å². The number of nitrogens with one attached hydrogen (secondary N) is 2. The molecule has 1 aromatic heterocycles. The SMILES string of the molecule is COc1ccc(NC(=O)CSc2nc3ccc(NC(=O)c4ccc(C)cc4)cc3s2)c([N+](=O)[O-])c1. The monoisotopic (exact) mass is 508 g/mol. The highest BCUT2D eigenvalue weighted by molar-refractivity contribution is 8.01. The van der Waals surface area contributed by atoms with Gasteiger partial charge in [-0.2, -0.15) is 0 Å². The van der Waals surface area contributed by atoms with Gasteiger partial charge in [-0.1, -0.05) is 29.5 Å². The number of aromatic nitrogens is 1. The molecule has 0 radical (unpaired) electrons. The third-order valence-electron chi connectivity index (χ3n) is 4.94. The van der Waals surface area contributed by atoms with Crippen LogP contribution in [0.2, 0.25) is 0 Å². The van der Waals surface area contributed by atoms with Gasteiger partial charge in [0.05, 0.1) is 34.1 Å². The normalized spacial score (nSPS) is 10.7. The third-order valence-corrected chi connectivity index (χ3v) is 7.10. The molecule has 0 saturated heterocycles. The summed E-state index contributed by atoms with van der Waals surface area (Å²) in [4.78, 5) is 40.1. The number of thioether (sulfide) groups is 1. The lowest BCUT2D eigenvalue weighted by atomic mass is 10.1. The molecule has 3 aromatic carbocycles. The summed E-state index contributed by atoms with van der Waals surface area (Å²) in [5.74, 6) is -0.241. The Morgan fingerprint density at radius 1 is 1.09 bits per heavy atom. The maximum absolute atomic E-state index is 12.5. The molecule has 0 aliphatic carbocycles. The minimum absolute atomic E-state index is 0.0278. The molecule has 2 amide bonds. The molecule has 0 unspecified atom stereocenters. The number of carbonyl (C=O) groups is 2. The van der Waals surface area contributed by atoms with Crippen LogP contribution < -0.4 is 15.4 Å². The van der Waals surface area contributed by atoms with Gasteiger partial charge in [-0.25, -0.2) is 4.98 Å². The molecule has 0 aliphatic rings. The van der Waals surface area contributed by atoms with Crippen molar-refractivity contribution in [2.24, 2.45) is 0 Å². The van der Waals surface area contributed by atoms with Crippen LogP contribution in [0.3, 0.4) is 0 Å². The van der Waals surface area contributed by atoms with Crippen molar-refractivity contribution in [2.45, 2.75) is 11.3 Å². The molecule has 4 rings (SSSR count). The maximum Gasteiger partial charge on any atom is 0.296 e. The molecule has 0 saturated carbocycles. The fourth-order valence-corrected chi connectivity index (χ4v) is 5.07. The number of thiazole rings is 1. The Morgan fingerprint density at radius 2 is 1.86 bits per heavy atom. The van der Waals surface area contributed by atoms with E-state index in [-0.39, 0.29) is 23.0 Å². The molecule has 0 bridgehead atoms. The van der Waals surface area contributed by atoms with Gasteiger partial charge in [-0.05, 0) is 49.4 Å². The third kappa shape index (κ3) is 5.94. The second-order valence-electron chi connectivity index (χ2n) is 7.46. The fourth-order valence-electron chi connectivity index (χ4n) is 3.16. The first-order valence-corrected chi connectivity index (χ1v) is 12.2. The van der Waals surface area contributed by atoms with E-state index in [0.29, 0.717) is 21.3 Å². The fraction of sp³-hybridized carbons (Fsp3) is 0.125. The highest BCUT2D eigenvalue weighted by Crippen LogP contribution is 2.32. The second-order valence-corrected chi connectivity index (χ2v) is 9.71. The van der Waals surface area contributed by atoms with Crippen molar-refractivity contribution in [3.05, 3.63) is 81.9 Å². The second kappa shape index (κ2) is 10.5. The summed E-state index contributed by atoms with van der Waals surface area (Å²) < 4.78 is 6.53. The first-order chi connectivity index (χ1) is 16.8. The van der Waals surface area contributed by atoms with Gasteiger partial charge in [0, 0.05) is 11.3 Å². The van der Waals surface area contributed by atoms with E-state index in [4.69, 9.17) is 4.74 Å². The van der Waals surface area contributed by atoms with Crippen LogP contribution in [0.25, 0.3) is 10.2 Å². The van der Waals surface area contributed by atoms with E-state index in [9.17, 15) is 19.7 Å². The van der Waals surface area contributed by atoms with Crippen LogP contribution in [0, 0.1) is 17.0 Å². The van der Waals surface area contributed by atoms with Gasteiger partial charge in [-0.3, -0.25) is 19.7 Å². The number of hydrogen-bond donors (Lipinski definition) is 2. The van der Waals surface area contributed by atoms with Gasteiger partial charge in [0.25, 0.3) is 11.6 Å². The van der Waals surface area contributed by atoms with E-state index in [1.54, 1.807) is 30.3 Å². The number of anilines is 2. The predicted octanol–water partition coefficient (Wildman–Crippen LogP) is 5.50. The van der Waals surface area contributed by atoms with Crippen molar-refractivity contribution in [1.82, 2.24) is 4.98 Å². The molecule has 1 heterocycles. The number of ether oxygens (including phenoxy) is 1. The predicted molar refractivity (Wildman–Crippen MR) is 138 cm³/mol. The van der Waals surface area contributed by atoms with Gasteiger partial charge in [0.15, 0.2) is 4.34 Å². The Balaban J connectivity index is 1.39. The van der Waals surface area contributed by atoms with Crippen molar-refractivity contribution >= 4 is 62.2 Å². The summed E-state index contributed by atoms with van der Waals surface area (Å²) in [6.45, 7) is 1.96. The van der Waals surface area contributed by atoms with E-state index in [0.717, 1.165) is 15.8 Å². The number of carbonyl (C=O) groups excluding carboxylic acids is 2. The summed E-state index contributed by atoms with van der Waals surface area (Å²) in [5.41, 5.74) is 2.89. The van der Waals surface area contributed by atoms with Crippen LogP contribution in [0.5, 0.6) is 5.75 Å². The number of rotatable bonds is 8. The zero-order valence-corrected chi connectivity index (χ0v) is 20.4. The number of hydrogen-bond acceptors (Lipinski definition) is 8. The first kappa shape index (κ1) is 24.2. The molecule has 35 heavy (non-hydrogen) atoms. The molecule has 178 valence electrons. The molecule has 2 N–H and O–H groups in total. The van der Waals surface area contributed by atoms with Crippen LogP contribution in [0.1, 0.15) is 15.9 Å². The van der Waals surface area contributed by atoms with E-state index in [1.807, 2.05) is 25.1 Å². The van der Waals surface area contributed by atoms with Crippen LogP contribution in [0.4, 0.5) is 17.1 Å². The highest BCUT2D eigenvalue weighted by atomic mass is 32.2. The zero-order chi connectivity index (χ0) is 24.9. The topological polar surface area (TPSA) is 123 Å². The number of amides is 2. The number of benzene rings is 3. The van der Waals surface area contributed by atoms with Gasteiger partial charge in [0.1, 0.15) is 11.4 Å². The number of nitro groups is 1.